The van der Waals surface area contributed by atoms with Gasteiger partial charge in [0.25, 0.3) is 0 Å². The minimum Gasteiger partial charge on any atom is -0.389 e. The van der Waals surface area contributed by atoms with E-state index in [1.807, 2.05) is 11.0 Å². The molecule has 1 aliphatic carbocycles. The lowest BCUT2D eigenvalue weighted by atomic mass is 9.72. The van der Waals surface area contributed by atoms with Crippen molar-refractivity contribution in [1.29, 1.82) is 5.26 Å². The fourth-order valence-electron chi connectivity index (χ4n) is 7.67. The zero-order chi connectivity index (χ0) is 32.0. The number of anilines is 3. The van der Waals surface area contributed by atoms with E-state index in [1.165, 1.54) is 17.4 Å². The number of amides is 1. The highest BCUT2D eigenvalue weighted by Crippen LogP contribution is 2.48. The van der Waals surface area contributed by atoms with E-state index in [0.29, 0.717) is 73.2 Å². The number of halogens is 1. The number of aromatic nitrogens is 3. The van der Waals surface area contributed by atoms with Gasteiger partial charge >= 0.3 is 0 Å². The average Bonchev–Trinajstić information content (AvgIpc) is 3.83. The topological polar surface area (TPSA) is 132 Å². The molecule has 1 unspecified atom stereocenters. The van der Waals surface area contributed by atoms with Gasteiger partial charge in [-0.2, -0.15) is 10.2 Å². The fraction of sp³-hybridized carbons (Fsp3) is 0.545. The van der Waals surface area contributed by atoms with Crippen molar-refractivity contribution in [3.8, 4) is 17.6 Å². The van der Waals surface area contributed by atoms with Crippen LogP contribution in [0, 0.1) is 11.3 Å². The van der Waals surface area contributed by atoms with E-state index in [9.17, 15) is 14.4 Å². The lowest BCUT2D eigenvalue weighted by molar-refractivity contribution is -0.126. The van der Waals surface area contributed by atoms with Gasteiger partial charge in [-0.3, -0.25) is 9.69 Å². The number of alkyl halides is 1. The summed E-state index contributed by atoms with van der Waals surface area (Å²) in [4.78, 5) is 32.0. The van der Waals surface area contributed by atoms with Crippen molar-refractivity contribution in [3.05, 3.63) is 46.7 Å². The first-order valence-corrected chi connectivity index (χ1v) is 17.1. The average molecular weight is 646 g/mol. The maximum absolute atomic E-state index is 13.9. The number of piperidine rings is 1. The van der Waals surface area contributed by atoms with Gasteiger partial charge in [-0.15, -0.1) is 11.3 Å². The van der Waals surface area contributed by atoms with Crippen LogP contribution in [0.4, 0.5) is 20.9 Å². The highest BCUT2D eigenvalue weighted by atomic mass is 32.1. The summed E-state index contributed by atoms with van der Waals surface area (Å²) in [7, 11) is 0. The lowest BCUT2D eigenvalue weighted by Gasteiger charge is -2.38. The van der Waals surface area contributed by atoms with Gasteiger partial charge in [0, 0.05) is 80.6 Å². The minimum absolute atomic E-state index is 0.0543. The number of nitrogens with zero attached hydrogens (tertiary/aromatic N) is 8. The molecule has 0 bridgehead atoms. The molecule has 0 aromatic carbocycles. The Kier molecular flexibility index (Phi) is 8.19. The molecule has 3 fully saturated rings. The molecule has 3 saturated heterocycles. The molecule has 0 saturated carbocycles. The summed E-state index contributed by atoms with van der Waals surface area (Å²) in [6.45, 7) is 11.3. The molecule has 0 radical (unpaired) electrons. The number of fused-ring (bicyclic) bond motifs is 1. The second-order valence-corrected chi connectivity index (χ2v) is 14.2. The highest BCUT2D eigenvalue weighted by Gasteiger charge is 2.43. The van der Waals surface area contributed by atoms with Gasteiger partial charge < -0.3 is 25.0 Å². The summed E-state index contributed by atoms with van der Waals surface area (Å²) >= 11 is 1.48. The first kappa shape index (κ1) is 30.6. The van der Waals surface area contributed by atoms with Crippen LogP contribution in [0.2, 0.25) is 0 Å². The second-order valence-electron chi connectivity index (χ2n) is 13.0. The summed E-state index contributed by atoms with van der Waals surface area (Å²) < 4.78 is 19.9. The molecule has 4 aliphatic rings. The number of nitriles is 1. The molecule has 46 heavy (non-hydrogen) atoms. The van der Waals surface area contributed by atoms with Gasteiger partial charge in [-0.05, 0) is 57.6 Å². The van der Waals surface area contributed by atoms with Crippen molar-refractivity contribution in [3.63, 3.8) is 0 Å². The molecule has 3 aliphatic heterocycles. The van der Waals surface area contributed by atoms with E-state index < -0.39 is 11.6 Å². The standard InChI is InChI=1S/C33H40FN9O2S/c1-3-28(44)42-15-13-40(14-16-42)23-17-25(37-27(18-23)41-11-7-22(8-12-41)43-10-6-21(34)20-43)31-38-32(45-39-31)33(2)9-4-5-26-29(33)24(19-35)30(36)46-26/h3,17-18,21-22H,1,4-16,20,36H2,2H3/t21-,33?/m0/s1. The molecule has 7 rings (SSSR count). The normalized spacial score (nSPS) is 24.2. The van der Waals surface area contributed by atoms with Gasteiger partial charge in [0.1, 0.15) is 28.8 Å². The number of piperazine rings is 1. The Morgan fingerprint density at radius 2 is 1.93 bits per heavy atom. The fourth-order valence-corrected chi connectivity index (χ4v) is 8.86. The minimum atomic E-state index is -0.716. The first-order chi connectivity index (χ1) is 22.3. The Morgan fingerprint density at radius 1 is 1.15 bits per heavy atom. The molecule has 242 valence electrons. The van der Waals surface area contributed by atoms with E-state index in [4.69, 9.17) is 20.2 Å². The third-order valence-electron chi connectivity index (χ3n) is 10.3. The van der Waals surface area contributed by atoms with Crippen molar-refractivity contribution < 1.29 is 13.7 Å². The van der Waals surface area contributed by atoms with Gasteiger partial charge in [-0.25, -0.2) is 9.37 Å². The predicted molar refractivity (Wildman–Crippen MR) is 176 cm³/mol. The quantitative estimate of drug-likeness (QED) is 0.390. The van der Waals surface area contributed by atoms with Crippen LogP contribution in [0.25, 0.3) is 11.5 Å². The summed E-state index contributed by atoms with van der Waals surface area (Å²) in [5.74, 6) is 1.65. The van der Waals surface area contributed by atoms with Crippen molar-refractivity contribution in [2.45, 2.75) is 63.1 Å². The van der Waals surface area contributed by atoms with E-state index in [1.54, 1.807) is 0 Å². The van der Waals surface area contributed by atoms with E-state index >= 15 is 0 Å². The summed E-state index contributed by atoms with van der Waals surface area (Å²) in [6, 6.07) is 6.82. The van der Waals surface area contributed by atoms with Crippen molar-refractivity contribution in [2.24, 2.45) is 0 Å². The number of likely N-dealkylation sites (tertiary alicyclic amines) is 1. The summed E-state index contributed by atoms with van der Waals surface area (Å²) in [5.41, 5.74) is 8.65. The number of nitrogens with two attached hydrogens (primary N) is 1. The largest absolute Gasteiger partial charge is 0.389 e. The van der Waals surface area contributed by atoms with Crippen molar-refractivity contribution in [1.82, 2.24) is 24.9 Å². The van der Waals surface area contributed by atoms with Crippen molar-refractivity contribution in [2.75, 3.05) is 67.9 Å². The maximum atomic E-state index is 13.9. The van der Waals surface area contributed by atoms with Crippen LogP contribution in [-0.2, 0) is 16.6 Å². The molecule has 11 nitrogen and oxygen atoms in total. The van der Waals surface area contributed by atoms with Crippen LogP contribution in [0.5, 0.6) is 0 Å². The maximum Gasteiger partial charge on any atom is 0.246 e. The molecule has 2 atom stereocenters. The number of pyridine rings is 1. The number of thiophene rings is 1. The Bertz CT molecular complexity index is 1670. The zero-order valence-electron chi connectivity index (χ0n) is 26.3. The van der Waals surface area contributed by atoms with E-state index in [0.717, 1.165) is 73.7 Å². The number of nitrogen functional groups attached to an aromatic ring is 1. The molecule has 6 heterocycles. The summed E-state index contributed by atoms with van der Waals surface area (Å²) in [5, 5.41) is 14.9. The van der Waals surface area contributed by atoms with E-state index in [2.05, 4.69) is 45.5 Å². The van der Waals surface area contributed by atoms with Gasteiger partial charge in [0.2, 0.25) is 17.6 Å². The molecule has 3 aromatic heterocycles. The molecular weight excluding hydrogens is 605 g/mol. The third-order valence-corrected chi connectivity index (χ3v) is 11.4. The molecule has 1 amide bonds. The molecular formula is C33H40FN9O2S. The Hall–Kier alpha value is -4.02. The first-order valence-electron chi connectivity index (χ1n) is 16.2. The highest BCUT2D eigenvalue weighted by molar-refractivity contribution is 7.16. The molecule has 13 heteroatoms. The molecule has 0 spiro atoms. The van der Waals surface area contributed by atoms with E-state index in [-0.39, 0.29) is 5.91 Å². The molecule has 3 aromatic rings. The zero-order valence-corrected chi connectivity index (χ0v) is 27.1. The number of carbonyl (C=O) groups is 1. The third kappa shape index (κ3) is 5.51. The predicted octanol–water partition coefficient (Wildman–Crippen LogP) is 4.14. The van der Waals surface area contributed by atoms with Crippen LogP contribution in [0.3, 0.4) is 0 Å². The van der Waals surface area contributed by atoms with Gasteiger partial charge in [0.15, 0.2) is 0 Å². The lowest BCUT2D eigenvalue weighted by Crippen LogP contribution is -2.48. The smallest absolute Gasteiger partial charge is 0.246 e. The number of hydrogen-bond donors (Lipinski definition) is 1. The number of aryl methyl sites for hydroxylation is 1. The van der Waals surface area contributed by atoms with Gasteiger partial charge in [0.05, 0.1) is 11.0 Å². The number of hydrogen-bond acceptors (Lipinski definition) is 11. The van der Waals surface area contributed by atoms with Crippen LogP contribution in [-0.4, -0.2) is 95.4 Å². The van der Waals surface area contributed by atoms with Crippen LogP contribution in [0.15, 0.2) is 29.3 Å². The van der Waals surface area contributed by atoms with Crippen LogP contribution in [0.1, 0.15) is 60.9 Å². The number of rotatable bonds is 6. The number of carbonyl (C=O) groups excluding carboxylic acids is 1. The summed E-state index contributed by atoms with van der Waals surface area (Å²) in [6.07, 6.45) is 5.77. The van der Waals surface area contributed by atoms with Crippen LogP contribution < -0.4 is 15.5 Å². The SMILES string of the molecule is C=CC(=O)N1CCN(c2cc(-c3noc(C4(C)CCCc5sc(N)c(C#N)c54)n3)nc(N3CCC(N4CC[C@H](F)C4)CC3)c2)CC1. The molecule has 2 N–H and O–H groups in total. The van der Waals surface area contributed by atoms with Crippen molar-refractivity contribution >= 4 is 33.8 Å². The van der Waals surface area contributed by atoms with Crippen LogP contribution >= 0.6 is 11.3 Å². The Morgan fingerprint density at radius 3 is 2.63 bits per heavy atom. The van der Waals surface area contributed by atoms with Gasteiger partial charge in [-0.1, -0.05) is 11.7 Å². The monoisotopic (exact) mass is 645 g/mol. The Labute approximate surface area is 272 Å². The second kappa shape index (κ2) is 12.3. The Balaban J connectivity index is 1.19.